The number of aromatic nitrogens is 2. The van der Waals surface area contributed by atoms with Crippen LogP contribution < -0.4 is 9.80 Å². The normalized spacial score (nSPS) is 21.1. The highest BCUT2D eigenvalue weighted by Crippen LogP contribution is 2.54. The number of rotatable bonds is 1. The van der Waals surface area contributed by atoms with E-state index in [1.165, 1.54) is 11.3 Å². The van der Waals surface area contributed by atoms with Crippen molar-refractivity contribution >= 4 is 23.0 Å². The van der Waals surface area contributed by atoms with E-state index in [9.17, 15) is 0 Å². The Morgan fingerprint density at radius 3 is 2.22 bits per heavy atom. The number of nitrogens with zero attached hydrogens (tertiary/aromatic N) is 4. The average molecular weight is 300 g/mol. The van der Waals surface area contributed by atoms with Crippen molar-refractivity contribution in [3.63, 3.8) is 0 Å². The minimum Gasteiger partial charge on any atom is -0.301 e. The van der Waals surface area contributed by atoms with Crippen LogP contribution in [0.4, 0.5) is 23.0 Å². The Balaban J connectivity index is 1.77. The van der Waals surface area contributed by atoms with E-state index in [-0.39, 0.29) is 6.17 Å². The van der Waals surface area contributed by atoms with Crippen LogP contribution >= 0.6 is 0 Å². The van der Waals surface area contributed by atoms with Gasteiger partial charge in [-0.2, -0.15) is 0 Å². The first kappa shape index (κ1) is 12.6. The number of para-hydroxylation sites is 2. The van der Waals surface area contributed by atoms with E-state index >= 15 is 0 Å². The first-order valence-corrected chi connectivity index (χ1v) is 7.90. The summed E-state index contributed by atoms with van der Waals surface area (Å²) < 4.78 is 0. The van der Waals surface area contributed by atoms with Crippen molar-refractivity contribution in [2.75, 3.05) is 9.80 Å². The maximum atomic E-state index is 4.63. The van der Waals surface area contributed by atoms with Crippen LogP contribution in [0.5, 0.6) is 0 Å². The Kier molecular flexibility index (Phi) is 2.50. The molecule has 0 aliphatic carbocycles. The van der Waals surface area contributed by atoms with Crippen LogP contribution in [0, 0.1) is 0 Å². The lowest BCUT2D eigenvalue weighted by Crippen LogP contribution is -2.37. The molecular formula is C19H16N4. The molecule has 0 radical (unpaired) electrons. The molecule has 3 heterocycles. The van der Waals surface area contributed by atoms with Crippen LogP contribution in [-0.4, -0.2) is 16.1 Å². The Bertz CT molecular complexity index is 862. The van der Waals surface area contributed by atoms with Gasteiger partial charge >= 0.3 is 0 Å². The second-order valence-electron chi connectivity index (χ2n) is 6.04. The molecule has 2 atom stereocenters. The molecule has 112 valence electrons. The fourth-order valence-electron chi connectivity index (χ4n) is 3.85. The molecule has 5 rings (SSSR count). The van der Waals surface area contributed by atoms with Crippen molar-refractivity contribution in [2.24, 2.45) is 0 Å². The van der Waals surface area contributed by atoms with Gasteiger partial charge in [0, 0.05) is 29.7 Å². The third kappa shape index (κ3) is 1.60. The monoisotopic (exact) mass is 300 g/mol. The predicted molar refractivity (Wildman–Crippen MR) is 91.4 cm³/mol. The predicted octanol–water partition coefficient (Wildman–Crippen LogP) is 4.21. The van der Waals surface area contributed by atoms with Crippen molar-refractivity contribution in [1.29, 1.82) is 0 Å². The summed E-state index contributed by atoms with van der Waals surface area (Å²) in [6.45, 7) is 2.28. The van der Waals surface area contributed by atoms with E-state index in [1.54, 1.807) is 12.4 Å². The maximum absolute atomic E-state index is 4.63. The molecule has 0 saturated heterocycles. The van der Waals surface area contributed by atoms with Gasteiger partial charge < -0.3 is 9.80 Å². The standard InChI is InChI=1S/C19H16N4/c1-13-15-9-5-6-10-16(15)23-18-17(20-11-12-21-18)22(19(13)23)14-7-3-2-4-8-14/h2-13,19H,1H3/t13-,19?/m1/s1. The topological polar surface area (TPSA) is 32.3 Å². The summed E-state index contributed by atoms with van der Waals surface area (Å²) in [4.78, 5) is 13.9. The lowest BCUT2D eigenvalue weighted by Gasteiger charge is -2.29. The highest BCUT2D eigenvalue weighted by Gasteiger charge is 2.48. The number of anilines is 4. The fourth-order valence-corrected chi connectivity index (χ4v) is 3.85. The Morgan fingerprint density at radius 2 is 1.43 bits per heavy atom. The van der Waals surface area contributed by atoms with Crippen molar-refractivity contribution < 1.29 is 0 Å². The number of benzene rings is 2. The summed E-state index contributed by atoms with van der Waals surface area (Å²) in [6, 6.07) is 19.1. The van der Waals surface area contributed by atoms with Gasteiger partial charge in [-0.3, -0.25) is 0 Å². The first-order chi connectivity index (χ1) is 11.4. The molecule has 0 fully saturated rings. The Hall–Kier alpha value is -2.88. The van der Waals surface area contributed by atoms with Gasteiger partial charge in [0.05, 0.1) is 0 Å². The van der Waals surface area contributed by atoms with Crippen LogP contribution in [0.2, 0.25) is 0 Å². The van der Waals surface area contributed by atoms with Gasteiger partial charge in [-0.05, 0) is 23.8 Å². The fraction of sp³-hybridized carbons (Fsp3) is 0.158. The second kappa shape index (κ2) is 4.56. The lowest BCUT2D eigenvalue weighted by molar-refractivity contribution is 0.618. The summed E-state index contributed by atoms with van der Waals surface area (Å²) in [5.74, 6) is 2.26. The number of fused-ring (bicyclic) bond motifs is 5. The minimum atomic E-state index is 0.187. The zero-order valence-electron chi connectivity index (χ0n) is 12.8. The molecule has 0 spiro atoms. The molecule has 23 heavy (non-hydrogen) atoms. The summed E-state index contributed by atoms with van der Waals surface area (Å²) in [5, 5.41) is 0. The average Bonchev–Trinajstić information content (AvgIpc) is 3.10. The van der Waals surface area contributed by atoms with Crippen molar-refractivity contribution in [1.82, 2.24) is 9.97 Å². The highest BCUT2D eigenvalue weighted by atomic mass is 15.5. The van der Waals surface area contributed by atoms with Crippen LogP contribution in [0.15, 0.2) is 67.0 Å². The van der Waals surface area contributed by atoms with Crippen LogP contribution in [0.25, 0.3) is 0 Å². The summed E-state index contributed by atoms with van der Waals surface area (Å²) in [5.41, 5.74) is 3.77. The molecule has 0 bridgehead atoms. The molecule has 4 heteroatoms. The van der Waals surface area contributed by atoms with Crippen LogP contribution in [0.3, 0.4) is 0 Å². The van der Waals surface area contributed by atoms with Gasteiger partial charge in [0.25, 0.3) is 0 Å². The van der Waals surface area contributed by atoms with Gasteiger partial charge in [-0.1, -0.05) is 43.3 Å². The van der Waals surface area contributed by atoms with Crippen molar-refractivity contribution in [3.05, 3.63) is 72.6 Å². The smallest absolute Gasteiger partial charge is 0.178 e. The molecule has 2 aromatic carbocycles. The van der Waals surface area contributed by atoms with Gasteiger partial charge in [-0.15, -0.1) is 0 Å². The number of hydrogen-bond donors (Lipinski definition) is 0. The largest absolute Gasteiger partial charge is 0.301 e. The van der Waals surface area contributed by atoms with Crippen molar-refractivity contribution in [2.45, 2.75) is 19.0 Å². The van der Waals surface area contributed by atoms with E-state index in [0.717, 1.165) is 17.3 Å². The Morgan fingerprint density at radius 1 is 0.783 bits per heavy atom. The molecule has 0 amide bonds. The van der Waals surface area contributed by atoms with E-state index in [1.807, 2.05) is 6.07 Å². The first-order valence-electron chi connectivity index (χ1n) is 7.90. The van der Waals surface area contributed by atoms with Gasteiger partial charge in [0.2, 0.25) is 0 Å². The highest BCUT2D eigenvalue weighted by molar-refractivity contribution is 5.87. The third-order valence-electron chi connectivity index (χ3n) is 4.81. The lowest BCUT2D eigenvalue weighted by atomic mass is 10.0. The van der Waals surface area contributed by atoms with Crippen LogP contribution in [0.1, 0.15) is 18.4 Å². The SMILES string of the molecule is C[C@@H]1c2ccccc2N2c3nccnc3N(c3ccccc3)C12. The zero-order chi connectivity index (χ0) is 15.4. The van der Waals surface area contributed by atoms with Crippen LogP contribution in [-0.2, 0) is 0 Å². The van der Waals surface area contributed by atoms with Gasteiger partial charge in [0.1, 0.15) is 6.17 Å². The molecule has 2 aliphatic heterocycles. The van der Waals surface area contributed by atoms with Gasteiger partial charge in [0.15, 0.2) is 11.6 Å². The maximum Gasteiger partial charge on any atom is 0.178 e. The van der Waals surface area contributed by atoms with E-state index in [2.05, 4.69) is 75.2 Å². The third-order valence-corrected chi connectivity index (χ3v) is 4.81. The molecule has 0 saturated carbocycles. The zero-order valence-corrected chi connectivity index (χ0v) is 12.8. The van der Waals surface area contributed by atoms with E-state index in [0.29, 0.717) is 5.92 Å². The van der Waals surface area contributed by atoms with Gasteiger partial charge in [-0.25, -0.2) is 9.97 Å². The summed E-state index contributed by atoms with van der Waals surface area (Å²) in [7, 11) is 0. The summed E-state index contributed by atoms with van der Waals surface area (Å²) in [6.07, 6.45) is 3.73. The second-order valence-corrected chi connectivity index (χ2v) is 6.04. The molecule has 0 N–H and O–H groups in total. The summed E-state index contributed by atoms with van der Waals surface area (Å²) >= 11 is 0. The Labute approximate surface area is 135 Å². The van der Waals surface area contributed by atoms with Crippen molar-refractivity contribution in [3.8, 4) is 0 Å². The van der Waals surface area contributed by atoms with E-state index in [4.69, 9.17) is 0 Å². The molecule has 1 aromatic heterocycles. The van der Waals surface area contributed by atoms with E-state index < -0.39 is 0 Å². The number of hydrogen-bond acceptors (Lipinski definition) is 4. The molecule has 4 nitrogen and oxygen atoms in total. The molecule has 2 aliphatic rings. The quantitative estimate of drug-likeness (QED) is 0.674. The molecule has 1 unspecified atom stereocenters. The molecule has 3 aromatic rings. The minimum absolute atomic E-state index is 0.187. The molecular weight excluding hydrogens is 284 g/mol.